The molecule has 2 aliphatic carbocycles. The molecule has 38 heavy (non-hydrogen) atoms. The molecule has 1 aromatic carbocycles. The van der Waals surface area contributed by atoms with Gasteiger partial charge in [-0.3, -0.25) is 10.2 Å². The van der Waals surface area contributed by atoms with Gasteiger partial charge >= 0.3 is 6.03 Å². The molecule has 2 amide bonds. The maximum Gasteiger partial charge on any atom is 0.323 e. The van der Waals surface area contributed by atoms with Crippen molar-refractivity contribution in [3.8, 4) is 17.0 Å². The number of piperazine rings is 1. The molecular formula is C30H43N5O2S. The van der Waals surface area contributed by atoms with E-state index in [2.05, 4.69) is 33.3 Å². The van der Waals surface area contributed by atoms with Crippen molar-refractivity contribution in [3.63, 3.8) is 0 Å². The van der Waals surface area contributed by atoms with Crippen molar-refractivity contribution in [2.75, 3.05) is 58.2 Å². The molecule has 1 aromatic heterocycles. The maximum absolute atomic E-state index is 13.1. The number of nitrogens with zero attached hydrogens (tertiary/aromatic N) is 4. The Hall–Kier alpha value is -2.16. The van der Waals surface area contributed by atoms with Gasteiger partial charge in [0.25, 0.3) is 0 Å². The second kappa shape index (κ2) is 11.9. The van der Waals surface area contributed by atoms with E-state index in [0.717, 1.165) is 55.1 Å². The summed E-state index contributed by atoms with van der Waals surface area (Å²) in [6.07, 6.45) is 12.0. The lowest BCUT2D eigenvalue weighted by Crippen LogP contribution is -2.52. The van der Waals surface area contributed by atoms with Gasteiger partial charge in [0.15, 0.2) is 5.13 Å². The minimum Gasteiger partial charge on any atom is -0.496 e. The highest BCUT2D eigenvalue weighted by Gasteiger charge is 2.33. The molecule has 2 aliphatic heterocycles. The smallest absolute Gasteiger partial charge is 0.323 e. The molecule has 206 valence electrons. The number of anilines is 1. The maximum atomic E-state index is 13.1. The fourth-order valence-corrected chi connectivity index (χ4v) is 7.46. The van der Waals surface area contributed by atoms with Crippen LogP contribution in [0.25, 0.3) is 11.3 Å². The van der Waals surface area contributed by atoms with Crippen LogP contribution >= 0.6 is 11.3 Å². The van der Waals surface area contributed by atoms with Gasteiger partial charge in [0.1, 0.15) is 5.75 Å². The van der Waals surface area contributed by atoms with Crippen LogP contribution in [-0.2, 0) is 0 Å². The van der Waals surface area contributed by atoms with Crippen LogP contribution < -0.4 is 10.1 Å². The molecule has 2 aromatic rings. The van der Waals surface area contributed by atoms with Crippen LogP contribution in [0.1, 0.15) is 69.3 Å². The number of nitrogens with one attached hydrogen (secondary N) is 1. The fraction of sp³-hybridized carbons (Fsp3) is 0.667. The average molecular weight is 538 g/mol. The zero-order chi connectivity index (χ0) is 25.9. The number of piperidine rings is 1. The lowest BCUT2D eigenvalue weighted by atomic mass is 9.83. The number of hydrogen-bond acceptors (Lipinski definition) is 6. The number of carbonyl (C=O) groups is 1. The third-order valence-corrected chi connectivity index (χ3v) is 9.84. The molecule has 0 radical (unpaired) electrons. The standard InChI is InChI=1S/C30H43N5O2S/c1-37-28-12-9-24(23-7-3-2-4-8-23)18-26(28)27-21-38-29(31-27)32-30(36)34-16-14-33(15-17-34)19-22-6-5-13-35(20-22)25-10-11-25/h9,12,18,21-23,25H,2-8,10-11,13-17,19-20H2,1H3,(H,31,32,36)/t22-/m0/s1. The minimum absolute atomic E-state index is 0.0361. The zero-order valence-electron chi connectivity index (χ0n) is 22.9. The predicted molar refractivity (Wildman–Crippen MR) is 154 cm³/mol. The Morgan fingerprint density at radius 2 is 1.84 bits per heavy atom. The largest absolute Gasteiger partial charge is 0.496 e. The SMILES string of the molecule is COc1ccc(C2CCCCC2)cc1-c1csc(NC(=O)N2CCN(C[C@@H]3CCCN(C4CC4)C3)CC2)n1. The van der Waals surface area contributed by atoms with Gasteiger partial charge in [-0.1, -0.05) is 25.3 Å². The number of hydrogen-bond donors (Lipinski definition) is 1. The first-order chi connectivity index (χ1) is 18.7. The summed E-state index contributed by atoms with van der Waals surface area (Å²) in [6, 6.07) is 7.39. The van der Waals surface area contributed by atoms with Gasteiger partial charge in [0.05, 0.1) is 12.8 Å². The molecule has 4 fully saturated rings. The first kappa shape index (κ1) is 26.1. The number of aromatic nitrogens is 1. The van der Waals surface area contributed by atoms with Gasteiger partial charge in [0, 0.05) is 56.3 Å². The molecule has 2 saturated heterocycles. The van der Waals surface area contributed by atoms with Gasteiger partial charge in [-0.15, -0.1) is 11.3 Å². The third kappa shape index (κ3) is 6.18. The molecule has 0 unspecified atom stereocenters. The second-order valence-corrected chi connectivity index (χ2v) is 12.6. The highest BCUT2D eigenvalue weighted by atomic mass is 32.1. The highest BCUT2D eigenvalue weighted by Crippen LogP contribution is 2.39. The Bertz CT molecular complexity index is 1090. The van der Waals surface area contributed by atoms with Crippen LogP contribution in [0.4, 0.5) is 9.93 Å². The second-order valence-electron chi connectivity index (χ2n) is 11.8. The zero-order valence-corrected chi connectivity index (χ0v) is 23.7. The predicted octanol–water partition coefficient (Wildman–Crippen LogP) is 5.89. The van der Waals surface area contributed by atoms with E-state index in [4.69, 9.17) is 9.72 Å². The van der Waals surface area contributed by atoms with Gasteiger partial charge in [-0.25, -0.2) is 9.78 Å². The van der Waals surface area contributed by atoms with E-state index in [1.54, 1.807) is 7.11 Å². The number of carbonyl (C=O) groups excluding carboxylic acids is 1. The number of urea groups is 1. The average Bonchev–Trinajstić information content (AvgIpc) is 3.72. The molecule has 4 aliphatic rings. The van der Waals surface area contributed by atoms with E-state index in [1.807, 2.05) is 10.3 Å². The molecule has 7 nitrogen and oxygen atoms in total. The van der Waals surface area contributed by atoms with Gasteiger partial charge in [-0.2, -0.15) is 0 Å². The quantitative estimate of drug-likeness (QED) is 0.477. The van der Waals surface area contributed by atoms with Crippen LogP contribution in [0, 0.1) is 5.92 Å². The molecule has 8 heteroatoms. The molecule has 1 atom stereocenters. The van der Waals surface area contributed by atoms with E-state index in [0.29, 0.717) is 11.0 Å². The van der Waals surface area contributed by atoms with Crippen LogP contribution in [0.5, 0.6) is 5.75 Å². The number of methoxy groups -OCH3 is 1. The molecular weight excluding hydrogens is 494 g/mol. The summed E-state index contributed by atoms with van der Waals surface area (Å²) in [5.74, 6) is 2.24. The molecule has 0 spiro atoms. The Morgan fingerprint density at radius 3 is 2.61 bits per heavy atom. The van der Waals surface area contributed by atoms with E-state index in [1.165, 1.54) is 94.3 Å². The molecule has 6 rings (SSSR count). The summed E-state index contributed by atoms with van der Waals surface area (Å²) in [5, 5.41) is 5.75. The normalized spacial score (nSPS) is 23.9. The number of rotatable bonds is 7. The number of thiazole rings is 1. The number of amides is 2. The Morgan fingerprint density at radius 1 is 1.03 bits per heavy atom. The topological polar surface area (TPSA) is 60.9 Å². The number of ether oxygens (including phenoxy) is 1. The summed E-state index contributed by atoms with van der Waals surface area (Å²) in [7, 11) is 1.71. The summed E-state index contributed by atoms with van der Waals surface area (Å²) >= 11 is 1.49. The number of benzene rings is 1. The lowest BCUT2D eigenvalue weighted by Gasteiger charge is -2.39. The van der Waals surface area contributed by atoms with Crippen LogP contribution in [0.2, 0.25) is 0 Å². The summed E-state index contributed by atoms with van der Waals surface area (Å²) in [4.78, 5) is 25.1. The fourth-order valence-electron chi connectivity index (χ4n) is 6.76. The minimum atomic E-state index is -0.0361. The van der Waals surface area contributed by atoms with Crippen molar-refractivity contribution in [3.05, 3.63) is 29.1 Å². The highest BCUT2D eigenvalue weighted by molar-refractivity contribution is 7.14. The first-order valence-corrected chi connectivity index (χ1v) is 15.7. The van der Waals surface area contributed by atoms with Crippen molar-refractivity contribution in [1.82, 2.24) is 19.7 Å². The van der Waals surface area contributed by atoms with Crippen LogP contribution in [0.3, 0.4) is 0 Å². The Balaban J connectivity index is 1.02. The van der Waals surface area contributed by atoms with Gasteiger partial charge in [-0.05, 0) is 74.6 Å². The van der Waals surface area contributed by atoms with Crippen molar-refractivity contribution in [1.29, 1.82) is 0 Å². The first-order valence-electron chi connectivity index (χ1n) is 14.8. The van der Waals surface area contributed by atoms with Crippen molar-refractivity contribution in [2.45, 2.75) is 69.7 Å². The van der Waals surface area contributed by atoms with Gasteiger partial charge < -0.3 is 14.5 Å². The van der Waals surface area contributed by atoms with E-state index in [-0.39, 0.29) is 6.03 Å². The molecule has 0 bridgehead atoms. The van der Waals surface area contributed by atoms with Crippen LogP contribution in [0.15, 0.2) is 23.6 Å². The molecule has 2 saturated carbocycles. The monoisotopic (exact) mass is 537 g/mol. The summed E-state index contributed by atoms with van der Waals surface area (Å²) in [5.41, 5.74) is 3.27. The summed E-state index contributed by atoms with van der Waals surface area (Å²) < 4.78 is 5.67. The molecule has 3 heterocycles. The van der Waals surface area contributed by atoms with Crippen molar-refractivity contribution >= 4 is 22.5 Å². The lowest BCUT2D eigenvalue weighted by molar-refractivity contribution is 0.0982. The Kier molecular flexibility index (Phi) is 8.19. The van der Waals surface area contributed by atoms with Crippen LogP contribution in [-0.4, -0.2) is 84.7 Å². The Labute approximate surface area is 231 Å². The van der Waals surface area contributed by atoms with E-state index < -0.39 is 0 Å². The summed E-state index contributed by atoms with van der Waals surface area (Å²) in [6.45, 7) is 7.22. The van der Waals surface area contributed by atoms with Gasteiger partial charge in [0.2, 0.25) is 0 Å². The third-order valence-electron chi connectivity index (χ3n) is 9.08. The number of likely N-dealkylation sites (tertiary alicyclic amines) is 1. The molecule has 1 N–H and O–H groups in total. The van der Waals surface area contributed by atoms with E-state index >= 15 is 0 Å². The van der Waals surface area contributed by atoms with Crippen molar-refractivity contribution < 1.29 is 9.53 Å². The van der Waals surface area contributed by atoms with E-state index in [9.17, 15) is 4.79 Å². The van der Waals surface area contributed by atoms with Crippen molar-refractivity contribution in [2.24, 2.45) is 5.92 Å².